The van der Waals surface area contributed by atoms with Crippen molar-refractivity contribution >= 4 is 15.9 Å². The molecule has 0 saturated carbocycles. The van der Waals surface area contributed by atoms with Crippen molar-refractivity contribution in [3.63, 3.8) is 0 Å². The summed E-state index contributed by atoms with van der Waals surface area (Å²) in [5.41, 5.74) is 0. The van der Waals surface area contributed by atoms with Gasteiger partial charge in [0.15, 0.2) is 6.61 Å². The third-order valence-corrected chi connectivity index (χ3v) is 1.49. The van der Waals surface area contributed by atoms with Crippen LogP contribution in [0, 0.1) is 0 Å². The van der Waals surface area contributed by atoms with Crippen LogP contribution in [0.2, 0.25) is 0 Å². The summed E-state index contributed by atoms with van der Waals surface area (Å²) in [5.74, 6) is 0.199. The zero-order valence-corrected chi connectivity index (χ0v) is 7.59. The fourth-order valence-corrected chi connectivity index (χ4v) is 0.946. The molecule has 0 amide bonds. The predicted octanol–water partition coefficient (Wildman–Crippen LogP) is 2.49. The first-order chi connectivity index (χ1) is 5.68. The minimum atomic E-state index is -2.47. The largest absolute Gasteiger partial charge is 0.472 e. The number of alkyl halides is 2. The summed E-state index contributed by atoms with van der Waals surface area (Å²) in [6.45, 7) is -0.622. The van der Waals surface area contributed by atoms with Crippen LogP contribution in [-0.4, -0.2) is 18.0 Å². The van der Waals surface area contributed by atoms with Crippen LogP contribution >= 0.6 is 15.9 Å². The molecule has 0 saturated heterocycles. The highest BCUT2D eigenvalue weighted by Crippen LogP contribution is 2.12. The van der Waals surface area contributed by atoms with E-state index in [1.165, 1.54) is 6.07 Å². The van der Waals surface area contributed by atoms with Crippen molar-refractivity contribution in [1.82, 2.24) is 4.98 Å². The van der Waals surface area contributed by atoms with Gasteiger partial charge >= 0.3 is 0 Å². The van der Waals surface area contributed by atoms with Gasteiger partial charge < -0.3 is 4.74 Å². The molecule has 1 heterocycles. The molecular weight excluding hydrogens is 232 g/mol. The number of pyridine rings is 1. The van der Waals surface area contributed by atoms with Crippen LogP contribution in [0.3, 0.4) is 0 Å². The number of hydrogen-bond acceptors (Lipinski definition) is 2. The molecule has 0 fully saturated rings. The van der Waals surface area contributed by atoms with E-state index in [1.54, 1.807) is 12.1 Å². The van der Waals surface area contributed by atoms with Gasteiger partial charge in [-0.2, -0.15) is 0 Å². The van der Waals surface area contributed by atoms with Gasteiger partial charge in [0.2, 0.25) is 5.88 Å². The van der Waals surface area contributed by atoms with Gasteiger partial charge in [-0.15, -0.1) is 0 Å². The molecule has 0 aromatic carbocycles. The van der Waals surface area contributed by atoms with E-state index in [2.05, 4.69) is 25.7 Å². The lowest BCUT2D eigenvalue weighted by Crippen LogP contribution is -2.07. The predicted molar refractivity (Wildman–Crippen MR) is 43.4 cm³/mol. The Balaban J connectivity index is 2.52. The molecule has 66 valence electrons. The standard InChI is InChI=1S/C7H6BrF2NO/c8-5-2-1-3-7(11-5)12-4-6(9)10/h1-3,6H,4H2. The summed E-state index contributed by atoms with van der Waals surface area (Å²) >= 11 is 3.09. The molecule has 0 N–H and O–H groups in total. The topological polar surface area (TPSA) is 22.1 Å². The second kappa shape index (κ2) is 4.35. The Hall–Kier alpha value is -0.710. The van der Waals surface area contributed by atoms with Crippen LogP contribution in [-0.2, 0) is 0 Å². The highest BCUT2D eigenvalue weighted by molar-refractivity contribution is 9.10. The monoisotopic (exact) mass is 237 g/mol. The molecule has 0 atom stereocenters. The number of halogens is 3. The van der Waals surface area contributed by atoms with Crippen molar-refractivity contribution < 1.29 is 13.5 Å². The van der Waals surface area contributed by atoms with Gasteiger partial charge in [-0.1, -0.05) is 6.07 Å². The summed E-state index contributed by atoms with van der Waals surface area (Å²) in [5, 5.41) is 0. The van der Waals surface area contributed by atoms with Crippen molar-refractivity contribution in [2.24, 2.45) is 0 Å². The third kappa shape index (κ3) is 3.13. The van der Waals surface area contributed by atoms with Crippen LogP contribution in [0.15, 0.2) is 22.8 Å². The average molecular weight is 238 g/mol. The average Bonchev–Trinajstić information content (AvgIpc) is 2.01. The molecule has 0 aliphatic rings. The number of ether oxygens (including phenoxy) is 1. The van der Waals surface area contributed by atoms with Crippen LogP contribution in [0.4, 0.5) is 8.78 Å². The second-order valence-corrected chi connectivity index (χ2v) is 2.81. The summed E-state index contributed by atoms with van der Waals surface area (Å²) in [4.78, 5) is 3.81. The van der Waals surface area contributed by atoms with Gasteiger partial charge in [0.05, 0.1) is 0 Å². The van der Waals surface area contributed by atoms with E-state index in [4.69, 9.17) is 0 Å². The molecule has 0 aliphatic carbocycles. The first-order valence-electron chi connectivity index (χ1n) is 3.22. The third-order valence-electron chi connectivity index (χ3n) is 1.05. The summed E-state index contributed by atoms with van der Waals surface area (Å²) < 4.78 is 28.5. The highest BCUT2D eigenvalue weighted by Gasteiger charge is 2.03. The van der Waals surface area contributed by atoms with Crippen LogP contribution in [0.1, 0.15) is 0 Å². The molecule has 0 radical (unpaired) electrons. The van der Waals surface area contributed by atoms with Crippen molar-refractivity contribution in [3.8, 4) is 5.88 Å². The van der Waals surface area contributed by atoms with E-state index < -0.39 is 13.0 Å². The fraction of sp³-hybridized carbons (Fsp3) is 0.286. The second-order valence-electron chi connectivity index (χ2n) is 2.00. The first-order valence-corrected chi connectivity index (χ1v) is 4.01. The smallest absolute Gasteiger partial charge is 0.272 e. The van der Waals surface area contributed by atoms with E-state index in [-0.39, 0.29) is 5.88 Å². The van der Waals surface area contributed by atoms with Gasteiger partial charge in [-0.05, 0) is 22.0 Å². The van der Waals surface area contributed by atoms with E-state index in [1.807, 2.05) is 0 Å². The lowest BCUT2D eigenvalue weighted by atomic mass is 10.5. The molecule has 1 rings (SSSR count). The number of hydrogen-bond donors (Lipinski definition) is 0. The molecule has 12 heavy (non-hydrogen) atoms. The van der Waals surface area contributed by atoms with Gasteiger partial charge in [0.1, 0.15) is 4.60 Å². The SMILES string of the molecule is FC(F)COc1cccc(Br)n1. The molecule has 1 aromatic heterocycles. The molecule has 0 bridgehead atoms. The van der Waals surface area contributed by atoms with E-state index in [9.17, 15) is 8.78 Å². The molecule has 2 nitrogen and oxygen atoms in total. The van der Waals surface area contributed by atoms with E-state index >= 15 is 0 Å². The van der Waals surface area contributed by atoms with Crippen molar-refractivity contribution in [1.29, 1.82) is 0 Å². The van der Waals surface area contributed by atoms with Gasteiger partial charge in [0.25, 0.3) is 6.43 Å². The van der Waals surface area contributed by atoms with Gasteiger partial charge in [-0.25, -0.2) is 13.8 Å². The Bertz CT molecular complexity index is 257. The van der Waals surface area contributed by atoms with Crippen molar-refractivity contribution in [2.45, 2.75) is 6.43 Å². The Kier molecular flexibility index (Phi) is 3.40. The Morgan fingerprint density at radius 1 is 1.50 bits per heavy atom. The normalized spacial score (nSPS) is 10.3. The number of nitrogens with zero attached hydrogens (tertiary/aromatic N) is 1. The summed E-state index contributed by atoms with van der Waals surface area (Å²) in [6.07, 6.45) is -2.47. The Morgan fingerprint density at radius 2 is 2.25 bits per heavy atom. The van der Waals surface area contributed by atoms with Gasteiger partial charge in [-0.3, -0.25) is 0 Å². The molecule has 5 heteroatoms. The molecule has 0 unspecified atom stereocenters. The van der Waals surface area contributed by atoms with Crippen molar-refractivity contribution in [2.75, 3.05) is 6.61 Å². The maximum atomic E-state index is 11.7. The molecule has 0 aliphatic heterocycles. The van der Waals surface area contributed by atoms with E-state index in [0.29, 0.717) is 4.60 Å². The van der Waals surface area contributed by atoms with Crippen LogP contribution in [0.5, 0.6) is 5.88 Å². The minimum Gasteiger partial charge on any atom is -0.472 e. The number of aromatic nitrogens is 1. The summed E-state index contributed by atoms with van der Waals surface area (Å²) in [6, 6.07) is 4.88. The highest BCUT2D eigenvalue weighted by atomic mass is 79.9. The number of rotatable bonds is 3. The molecular formula is C7H6BrF2NO. The van der Waals surface area contributed by atoms with Crippen LogP contribution in [0.25, 0.3) is 0 Å². The maximum absolute atomic E-state index is 11.7. The lowest BCUT2D eigenvalue weighted by Gasteiger charge is -2.03. The lowest BCUT2D eigenvalue weighted by molar-refractivity contribution is 0.0795. The fourth-order valence-electron chi connectivity index (χ4n) is 0.618. The molecule has 1 aromatic rings. The summed E-state index contributed by atoms with van der Waals surface area (Å²) in [7, 11) is 0. The zero-order chi connectivity index (χ0) is 8.97. The quantitative estimate of drug-likeness (QED) is 0.754. The van der Waals surface area contributed by atoms with Crippen molar-refractivity contribution in [3.05, 3.63) is 22.8 Å². The van der Waals surface area contributed by atoms with Crippen LogP contribution < -0.4 is 4.74 Å². The molecule has 0 spiro atoms. The van der Waals surface area contributed by atoms with E-state index in [0.717, 1.165) is 0 Å². The minimum absolute atomic E-state index is 0.199. The first kappa shape index (κ1) is 9.38. The Morgan fingerprint density at radius 3 is 2.83 bits per heavy atom. The van der Waals surface area contributed by atoms with Gasteiger partial charge in [0, 0.05) is 6.07 Å². The zero-order valence-electron chi connectivity index (χ0n) is 6.01. The maximum Gasteiger partial charge on any atom is 0.272 e. The Labute approximate surface area is 76.7 Å².